The summed E-state index contributed by atoms with van der Waals surface area (Å²) >= 11 is 5.97. The Morgan fingerprint density at radius 2 is 2.00 bits per heavy atom. The molecule has 0 aromatic heterocycles. The molecular weight excluding hydrogens is 370 g/mol. The van der Waals surface area contributed by atoms with E-state index in [1.807, 2.05) is 19.1 Å². The third-order valence-electron chi connectivity index (χ3n) is 3.96. The lowest BCUT2D eigenvalue weighted by molar-refractivity contribution is -0.0663. The van der Waals surface area contributed by atoms with Crippen molar-refractivity contribution in [2.45, 2.75) is 59.0 Å². The standard InChI is InChI=1S/C19H29ClNO4Si/c1-18(2,3)13-19(4,25-26(5)6)21-11-16(24-17(21)22)12-23-15-9-7-8-14(20)10-15/h7-10,16H,11-13H2,1-6H3/t16-,19+/m1/s1. The molecule has 1 fully saturated rings. The van der Waals surface area contributed by atoms with Crippen LogP contribution in [-0.2, 0) is 9.16 Å². The molecule has 1 aromatic rings. The number of hydrogen-bond acceptors (Lipinski definition) is 4. The number of amides is 1. The molecule has 0 aliphatic carbocycles. The zero-order valence-electron chi connectivity index (χ0n) is 16.5. The van der Waals surface area contributed by atoms with Gasteiger partial charge in [-0.25, -0.2) is 4.79 Å². The number of hydrogen-bond donors (Lipinski definition) is 0. The van der Waals surface area contributed by atoms with E-state index >= 15 is 0 Å². The molecule has 0 spiro atoms. The Labute approximate surface area is 163 Å². The fraction of sp³-hybridized carbons (Fsp3) is 0.632. The first kappa shape index (κ1) is 21.1. The fourth-order valence-electron chi connectivity index (χ4n) is 3.35. The van der Waals surface area contributed by atoms with Crippen LogP contribution in [0.3, 0.4) is 0 Å². The van der Waals surface area contributed by atoms with E-state index in [1.54, 1.807) is 17.0 Å². The topological polar surface area (TPSA) is 48.0 Å². The zero-order chi connectivity index (χ0) is 19.5. The van der Waals surface area contributed by atoms with E-state index in [0.29, 0.717) is 17.3 Å². The third-order valence-corrected chi connectivity index (χ3v) is 5.04. The molecule has 1 amide bonds. The number of ether oxygens (including phenoxy) is 2. The maximum atomic E-state index is 12.5. The van der Waals surface area contributed by atoms with Crippen molar-refractivity contribution < 1.29 is 18.7 Å². The number of cyclic esters (lactones) is 1. The first-order chi connectivity index (χ1) is 12.0. The maximum Gasteiger partial charge on any atom is 0.412 e. The molecule has 26 heavy (non-hydrogen) atoms. The van der Waals surface area contributed by atoms with Crippen LogP contribution in [0.5, 0.6) is 5.75 Å². The Bertz CT molecular complexity index is 634. The molecule has 2 rings (SSSR count). The molecule has 7 heteroatoms. The quantitative estimate of drug-likeness (QED) is 0.609. The molecule has 145 valence electrons. The highest BCUT2D eigenvalue weighted by molar-refractivity contribution is 6.48. The molecule has 2 atom stereocenters. The highest BCUT2D eigenvalue weighted by Crippen LogP contribution is 2.35. The van der Waals surface area contributed by atoms with Gasteiger partial charge in [0.1, 0.15) is 18.1 Å². The normalized spacial score (nSPS) is 20.2. The first-order valence-corrected chi connectivity index (χ1v) is 11.6. The Balaban J connectivity index is 2.05. The van der Waals surface area contributed by atoms with Gasteiger partial charge in [-0.05, 0) is 50.1 Å². The van der Waals surface area contributed by atoms with Crippen LogP contribution in [-0.4, -0.2) is 45.0 Å². The van der Waals surface area contributed by atoms with E-state index in [-0.39, 0.29) is 24.2 Å². The van der Waals surface area contributed by atoms with Crippen molar-refractivity contribution in [1.29, 1.82) is 0 Å². The van der Waals surface area contributed by atoms with Gasteiger partial charge in [-0.3, -0.25) is 4.90 Å². The van der Waals surface area contributed by atoms with Gasteiger partial charge in [0.25, 0.3) is 0 Å². The molecule has 5 nitrogen and oxygen atoms in total. The summed E-state index contributed by atoms with van der Waals surface area (Å²) in [6.45, 7) is 13.3. The van der Waals surface area contributed by atoms with E-state index in [9.17, 15) is 4.79 Å². The van der Waals surface area contributed by atoms with Crippen molar-refractivity contribution in [3.63, 3.8) is 0 Å². The first-order valence-electron chi connectivity index (χ1n) is 8.84. The van der Waals surface area contributed by atoms with E-state index in [0.717, 1.165) is 6.42 Å². The van der Waals surface area contributed by atoms with E-state index in [1.165, 1.54) is 0 Å². The molecule has 1 aliphatic rings. The van der Waals surface area contributed by atoms with Gasteiger partial charge in [0.05, 0.1) is 6.54 Å². The van der Waals surface area contributed by atoms with Crippen LogP contribution >= 0.6 is 11.6 Å². The zero-order valence-corrected chi connectivity index (χ0v) is 18.2. The minimum atomic E-state index is -0.995. The van der Waals surface area contributed by atoms with Crippen molar-refractivity contribution >= 4 is 26.7 Å². The van der Waals surface area contributed by atoms with Gasteiger partial charge in [-0.15, -0.1) is 0 Å². The summed E-state index contributed by atoms with van der Waals surface area (Å²) in [5, 5.41) is 0.610. The van der Waals surface area contributed by atoms with Crippen LogP contribution in [0.15, 0.2) is 24.3 Å². The van der Waals surface area contributed by atoms with Crippen molar-refractivity contribution in [3.05, 3.63) is 29.3 Å². The molecular formula is C19H29ClNO4Si. The predicted molar refractivity (Wildman–Crippen MR) is 105 cm³/mol. The highest BCUT2D eigenvalue weighted by Gasteiger charge is 2.46. The summed E-state index contributed by atoms with van der Waals surface area (Å²) in [7, 11) is -0.995. The molecule has 1 radical (unpaired) electrons. The average Bonchev–Trinajstić information content (AvgIpc) is 2.84. The largest absolute Gasteiger partial charge is 0.490 e. The van der Waals surface area contributed by atoms with Crippen molar-refractivity contribution in [2.24, 2.45) is 5.41 Å². The van der Waals surface area contributed by atoms with Gasteiger partial charge in [-0.1, -0.05) is 38.4 Å². The summed E-state index contributed by atoms with van der Waals surface area (Å²) in [6.07, 6.45) is 0.0424. The van der Waals surface area contributed by atoms with Crippen LogP contribution in [0.25, 0.3) is 0 Å². The van der Waals surface area contributed by atoms with E-state index < -0.39 is 14.8 Å². The second-order valence-electron chi connectivity index (χ2n) is 8.31. The monoisotopic (exact) mass is 398 g/mol. The summed E-state index contributed by atoms with van der Waals surface area (Å²) in [6, 6.07) is 7.18. The summed E-state index contributed by atoms with van der Waals surface area (Å²) in [5.74, 6) is 0.660. The van der Waals surface area contributed by atoms with Gasteiger partial charge in [0.15, 0.2) is 6.10 Å². The molecule has 0 unspecified atom stereocenters. The molecule has 0 bridgehead atoms. The van der Waals surface area contributed by atoms with Crippen LogP contribution in [0, 0.1) is 5.41 Å². The summed E-state index contributed by atoms with van der Waals surface area (Å²) in [4.78, 5) is 14.2. The fourth-order valence-corrected chi connectivity index (χ4v) is 4.59. The van der Waals surface area contributed by atoms with Gasteiger partial charge < -0.3 is 13.9 Å². The number of benzene rings is 1. The maximum absolute atomic E-state index is 12.5. The lowest BCUT2D eigenvalue weighted by atomic mass is 9.86. The molecule has 1 aromatic carbocycles. The summed E-state index contributed by atoms with van der Waals surface area (Å²) in [5.41, 5.74) is -0.667. The van der Waals surface area contributed by atoms with E-state index in [4.69, 9.17) is 25.5 Å². The average molecular weight is 399 g/mol. The third kappa shape index (κ3) is 5.89. The van der Waals surface area contributed by atoms with Crippen LogP contribution in [0.2, 0.25) is 18.1 Å². The van der Waals surface area contributed by atoms with Gasteiger partial charge >= 0.3 is 6.09 Å². The van der Waals surface area contributed by atoms with Crippen LogP contribution in [0.1, 0.15) is 34.1 Å². The van der Waals surface area contributed by atoms with Gasteiger partial charge in [0, 0.05) is 5.02 Å². The number of nitrogens with zero attached hydrogens (tertiary/aromatic N) is 1. The smallest absolute Gasteiger partial charge is 0.412 e. The van der Waals surface area contributed by atoms with Crippen LogP contribution in [0.4, 0.5) is 4.79 Å². The lowest BCUT2D eigenvalue weighted by Crippen LogP contribution is -2.53. The number of rotatable bonds is 7. The molecule has 1 saturated heterocycles. The molecule has 1 heterocycles. The van der Waals surface area contributed by atoms with Crippen molar-refractivity contribution in [3.8, 4) is 5.75 Å². The Morgan fingerprint density at radius 3 is 2.58 bits per heavy atom. The Hall–Kier alpha value is -1.24. The summed E-state index contributed by atoms with van der Waals surface area (Å²) < 4.78 is 17.5. The van der Waals surface area contributed by atoms with Gasteiger partial charge in [-0.2, -0.15) is 0 Å². The SMILES string of the molecule is C[Si](C)O[C@@](C)(CC(C)(C)C)N1C[C@H](COc2cccc(Cl)c2)OC1=O. The molecule has 0 saturated carbocycles. The van der Waals surface area contributed by atoms with Gasteiger partial charge in [0.2, 0.25) is 9.04 Å². The van der Waals surface area contributed by atoms with Crippen LogP contribution < -0.4 is 4.74 Å². The number of carbonyl (C=O) groups is 1. The predicted octanol–water partition coefficient (Wildman–Crippen LogP) is 4.96. The number of halogens is 1. The second-order valence-corrected chi connectivity index (χ2v) is 10.8. The Kier molecular flexibility index (Phi) is 6.63. The minimum Gasteiger partial charge on any atom is -0.490 e. The number of carbonyl (C=O) groups excluding carboxylic acids is 1. The van der Waals surface area contributed by atoms with Crippen molar-refractivity contribution in [1.82, 2.24) is 4.90 Å². The lowest BCUT2D eigenvalue weighted by Gasteiger charge is -2.42. The highest BCUT2D eigenvalue weighted by atomic mass is 35.5. The van der Waals surface area contributed by atoms with Crippen molar-refractivity contribution in [2.75, 3.05) is 13.2 Å². The second kappa shape index (κ2) is 8.19. The minimum absolute atomic E-state index is 0.0156. The Morgan fingerprint density at radius 1 is 1.31 bits per heavy atom. The van der Waals surface area contributed by atoms with E-state index in [2.05, 4.69) is 33.9 Å². The molecule has 0 N–H and O–H groups in total. The molecule has 1 aliphatic heterocycles.